The standard InChI is InChI=1S/C21H24N2O2/c1-15-21(24)23(19-9-5-6-10-20(19)25-15)14-13-22(2)18-12-11-16-7-3-4-8-17(16)18/h3-10,15,18H,11-14H2,1-2H3/t15-,18-/m1/s1. The van der Waals surface area contributed by atoms with Crippen LogP contribution in [0.5, 0.6) is 5.75 Å². The van der Waals surface area contributed by atoms with Crippen LogP contribution < -0.4 is 9.64 Å². The van der Waals surface area contributed by atoms with Crippen molar-refractivity contribution in [2.75, 3.05) is 25.0 Å². The molecule has 1 aliphatic heterocycles. The third-order valence-corrected chi connectivity index (χ3v) is 5.38. The zero-order valence-electron chi connectivity index (χ0n) is 14.8. The summed E-state index contributed by atoms with van der Waals surface area (Å²) in [5, 5.41) is 0. The highest BCUT2D eigenvalue weighted by molar-refractivity contribution is 5.99. The van der Waals surface area contributed by atoms with E-state index in [-0.39, 0.29) is 5.91 Å². The minimum absolute atomic E-state index is 0.0407. The number of rotatable bonds is 4. The van der Waals surface area contributed by atoms with Crippen molar-refractivity contribution < 1.29 is 9.53 Å². The first-order valence-corrected chi connectivity index (χ1v) is 9.00. The van der Waals surface area contributed by atoms with Gasteiger partial charge >= 0.3 is 0 Å². The number of anilines is 1. The highest BCUT2D eigenvalue weighted by Crippen LogP contribution is 2.36. The van der Waals surface area contributed by atoms with Gasteiger partial charge in [-0.2, -0.15) is 0 Å². The van der Waals surface area contributed by atoms with Gasteiger partial charge in [0.1, 0.15) is 5.75 Å². The number of carbonyl (C=O) groups excluding carboxylic acids is 1. The minimum Gasteiger partial charge on any atom is -0.479 e. The van der Waals surface area contributed by atoms with Crippen molar-refractivity contribution in [3.8, 4) is 5.75 Å². The van der Waals surface area contributed by atoms with E-state index in [0.29, 0.717) is 12.6 Å². The number of benzene rings is 2. The Bertz CT molecular complexity index is 789. The van der Waals surface area contributed by atoms with Crippen molar-refractivity contribution in [2.24, 2.45) is 0 Å². The molecule has 0 fully saturated rings. The largest absolute Gasteiger partial charge is 0.479 e. The molecule has 0 spiro atoms. The van der Waals surface area contributed by atoms with Crippen LogP contribution in [0.15, 0.2) is 48.5 Å². The average molecular weight is 336 g/mol. The highest BCUT2D eigenvalue weighted by Gasteiger charge is 2.32. The first-order chi connectivity index (χ1) is 12.1. The Morgan fingerprint density at radius 2 is 1.92 bits per heavy atom. The lowest BCUT2D eigenvalue weighted by Gasteiger charge is -2.35. The number of aryl methyl sites for hydroxylation is 1. The van der Waals surface area contributed by atoms with Gasteiger partial charge < -0.3 is 9.64 Å². The third-order valence-electron chi connectivity index (χ3n) is 5.38. The number of hydrogen-bond donors (Lipinski definition) is 0. The molecule has 1 aliphatic carbocycles. The van der Waals surface area contributed by atoms with Gasteiger partial charge in [0.2, 0.25) is 0 Å². The summed E-state index contributed by atoms with van der Waals surface area (Å²) >= 11 is 0. The SMILES string of the molecule is C[C@H]1Oc2ccccc2N(CCN(C)[C@@H]2CCc3ccccc32)C1=O. The van der Waals surface area contributed by atoms with Gasteiger partial charge in [-0.3, -0.25) is 9.69 Å². The van der Waals surface area contributed by atoms with Crippen molar-refractivity contribution >= 4 is 11.6 Å². The smallest absolute Gasteiger partial charge is 0.267 e. The Labute approximate surface area is 149 Å². The Morgan fingerprint density at radius 1 is 1.16 bits per heavy atom. The second-order valence-electron chi connectivity index (χ2n) is 6.95. The number of amides is 1. The summed E-state index contributed by atoms with van der Waals surface area (Å²) in [5.41, 5.74) is 3.78. The van der Waals surface area contributed by atoms with Gasteiger partial charge in [0, 0.05) is 19.1 Å². The van der Waals surface area contributed by atoms with Crippen LogP contribution in [-0.2, 0) is 11.2 Å². The van der Waals surface area contributed by atoms with Crippen molar-refractivity contribution in [2.45, 2.75) is 31.9 Å². The number of para-hydroxylation sites is 2. The van der Waals surface area contributed by atoms with E-state index in [1.807, 2.05) is 36.1 Å². The molecular weight excluding hydrogens is 312 g/mol. The highest BCUT2D eigenvalue weighted by atomic mass is 16.5. The summed E-state index contributed by atoms with van der Waals surface area (Å²) in [7, 11) is 2.16. The summed E-state index contributed by atoms with van der Waals surface area (Å²) < 4.78 is 5.72. The van der Waals surface area contributed by atoms with Gasteiger partial charge in [-0.1, -0.05) is 36.4 Å². The second kappa shape index (κ2) is 6.52. The van der Waals surface area contributed by atoms with Crippen LogP contribution in [0.1, 0.15) is 30.5 Å². The normalized spacial score (nSPS) is 21.9. The molecule has 2 aromatic rings. The maximum absolute atomic E-state index is 12.6. The predicted octanol–water partition coefficient (Wildman–Crippen LogP) is 3.42. The summed E-state index contributed by atoms with van der Waals surface area (Å²) in [6.07, 6.45) is 1.87. The minimum atomic E-state index is -0.424. The molecule has 0 bridgehead atoms. The number of ether oxygens (including phenoxy) is 1. The molecule has 0 unspecified atom stereocenters. The fraction of sp³-hybridized carbons (Fsp3) is 0.381. The van der Waals surface area contributed by atoms with Crippen molar-refractivity contribution in [3.05, 3.63) is 59.7 Å². The third kappa shape index (κ3) is 2.91. The maximum Gasteiger partial charge on any atom is 0.267 e. The molecule has 2 aliphatic rings. The maximum atomic E-state index is 12.6. The Morgan fingerprint density at radius 3 is 2.80 bits per heavy atom. The Hall–Kier alpha value is -2.33. The quantitative estimate of drug-likeness (QED) is 0.858. The fourth-order valence-corrected chi connectivity index (χ4v) is 4.00. The Kier molecular flexibility index (Phi) is 4.22. The molecule has 0 saturated carbocycles. The zero-order chi connectivity index (χ0) is 17.4. The molecule has 4 heteroatoms. The lowest BCUT2D eigenvalue weighted by atomic mass is 10.1. The van der Waals surface area contributed by atoms with E-state index in [4.69, 9.17) is 4.74 Å². The number of hydrogen-bond acceptors (Lipinski definition) is 3. The van der Waals surface area contributed by atoms with Crippen molar-refractivity contribution in [1.29, 1.82) is 0 Å². The molecular formula is C21H24N2O2. The number of likely N-dealkylation sites (N-methyl/N-ethyl adjacent to an activating group) is 1. The van der Waals surface area contributed by atoms with E-state index in [2.05, 4.69) is 36.2 Å². The molecule has 4 nitrogen and oxygen atoms in total. The van der Waals surface area contributed by atoms with Crippen molar-refractivity contribution in [1.82, 2.24) is 4.90 Å². The molecule has 1 amide bonds. The van der Waals surface area contributed by atoms with Crippen LogP contribution in [-0.4, -0.2) is 37.0 Å². The first kappa shape index (κ1) is 16.2. The first-order valence-electron chi connectivity index (χ1n) is 9.00. The fourth-order valence-electron chi connectivity index (χ4n) is 4.00. The van der Waals surface area contributed by atoms with Crippen molar-refractivity contribution in [3.63, 3.8) is 0 Å². The van der Waals surface area contributed by atoms with Gasteiger partial charge in [-0.25, -0.2) is 0 Å². The van der Waals surface area contributed by atoms with Gasteiger partial charge in [0.05, 0.1) is 5.69 Å². The number of fused-ring (bicyclic) bond motifs is 2. The van der Waals surface area contributed by atoms with E-state index >= 15 is 0 Å². The summed E-state index contributed by atoms with van der Waals surface area (Å²) in [5.74, 6) is 0.836. The summed E-state index contributed by atoms with van der Waals surface area (Å²) in [4.78, 5) is 16.9. The van der Waals surface area contributed by atoms with Gasteiger partial charge in [0.25, 0.3) is 5.91 Å². The molecule has 2 atom stereocenters. The lowest BCUT2D eigenvalue weighted by Crippen LogP contribution is -2.47. The monoisotopic (exact) mass is 336 g/mol. The van der Waals surface area contributed by atoms with E-state index < -0.39 is 6.10 Å². The molecule has 2 aromatic carbocycles. The summed E-state index contributed by atoms with van der Waals surface area (Å²) in [6, 6.07) is 16.9. The summed E-state index contributed by atoms with van der Waals surface area (Å²) in [6.45, 7) is 3.34. The number of carbonyl (C=O) groups is 1. The lowest BCUT2D eigenvalue weighted by molar-refractivity contribution is -0.125. The molecule has 0 saturated heterocycles. The molecule has 0 N–H and O–H groups in total. The van der Waals surface area contributed by atoms with E-state index in [1.165, 1.54) is 11.1 Å². The topological polar surface area (TPSA) is 32.8 Å². The Balaban J connectivity index is 1.49. The van der Waals surface area contributed by atoms with Gasteiger partial charge in [-0.15, -0.1) is 0 Å². The van der Waals surface area contributed by atoms with E-state index in [1.54, 1.807) is 0 Å². The second-order valence-corrected chi connectivity index (χ2v) is 6.95. The number of nitrogens with zero attached hydrogens (tertiary/aromatic N) is 2. The van der Waals surface area contributed by atoms with Crippen LogP contribution in [0.3, 0.4) is 0 Å². The molecule has 4 rings (SSSR count). The van der Waals surface area contributed by atoms with Crippen LogP contribution in [0.4, 0.5) is 5.69 Å². The van der Waals surface area contributed by atoms with Crippen LogP contribution in [0, 0.1) is 0 Å². The van der Waals surface area contributed by atoms with Gasteiger partial charge in [0.15, 0.2) is 6.10 Å². The van der Waals surface area contributed by atoms with Gasteiger partial charge in [-0.05, 0) is 50.1 Å². The predicted molar refractivity (Wildman–Crippen MR) is 99.0 cm³/mol. The molecule has 1 heterocycles. The molecule has 0 aromatic heterocycles. The van der Waals surface area contributed by atoms with E-state index in [9.17, 15) is 4.79 Å². The van der Waals surface area contributed by atoms with Crippen LogP contribution >= 0.6 is 0 Å². The van der Waals surface area contributed by atoms with Crippen LogP contribution in [0.2, 0.25) is 0 Å². The van der Waals surface area contributed by atoms with E-state index in [0.717, 1.165) is 30.8 Å². The molecule has 130 valence electrons. The average Bonchev–Trinajstić information content (AvgIpc) is 3.06. The molecule has 0 radical (unpaired) electrons. The van der Waals surface area contributed by atoms with Crippen LogP contribution in [0.25, 0.3) is 0 Å². The zero-order valence-corrected chi connectivity index (χ0v) is 14.8. The molecule has 25 heavy (non-hydrogen) atoms.